The number of halogens is 1. The summed E-state index contributed by atoms with van der Waals surface area (Å²) in [5.41, 5.74) is 2.44. The lowest BCUT2D eigenvalue weighted by Crippen LogP contribution is -2.44. The normalized spacial score (nSPS) is 16.8. The van der Waals surface area contributed by atoms with Crippen molar-refractivity contribution in [1.82, 2.24) is 15.5 Å². The van der Waals surface area contributed by atoms with Gasteiger partial charge in [0.1, 0.15) is 11.5 Å². The zero-order chi connectivity index (χ0) is 19.8. The molecule has 0 saturated carbocycles. The zero-order valence-corrected chi connectivity index (χ0v) is 19.7. The number of hydrogen-bond donors (Lipinski definition) is 2. The van der Waals surface area contributed by atoms with E-state index in [0.717, 1.165) is 50.1 Å². The van der Waals surface area contributed by atoms with Crippen LogP contribution >= 0.6 is 24.0 Å². The highest BCUT2D eigenvalue weighted by Crippen LogP contribution is 2.24. The summed E-state index contributed by atoms with van der Waals surface area (Å²) in [7, 11) is 5.18. The fourth-order valence-electron chi connectivity index (χ4n) is 3.48. The molecule has 0 aromatic heterocycles. The van der Waals surface area contributed by atoms with E-state index in [0.29, 0.717) is 6.04 Å². The van der Waals surface area contributed by atoms with Gasteiger partial charge in [0.25, 0.3) is 0 Å². The summed E-state index contributed by atoms with van der Waals surface area (Å²) in [5.74, 6) is 2.50. The SMILES string of the molecule is CN=C(NCc1ccccc1)NC1CCN(Cc2cc(OC)cc(OC)c2)C1.I. The van der Waals surface area contributed by atoms with E-state index in [9.17, 15) is 0 Å². The molecule has 7 heteroatoms. The van der Waals surface area contributed by atoms with Crippen molar-refractivity contribution >= 4 is 29.9 Å². The van der Waals surface area contributed by atoms with Crippen molar-refractivity contribution in [2.45, 2.75) is 25.6 Å². The predicted octanol–water partition coefficient (Wildman–Crippen LogP) is 3.26. The number of nitrogens with one attached hydrogen (secondary N) is 2. The number of nitrogens with zero attached hydrogens (tertiary/aromatic N) is 2. The van der Waals surface area contributed by atoms with Gasteiger partial charge in [-0.2, -0.15) is 0 Å². The summed E-state index contributed by atoms with van der Waals surface area (Å²) in [6.07, 6.45) is 1.09. The van der Waals surface area contributed by atoms with Gasteiger partial charge in [-0.3, -0.25) is 9.89 Å². The summed E-state index contributed by atoms with van der Waals surface area (Å²) >= 11 is 0. The molecule has 2 aromatic carbocycles. The molecule has 1 unspecified atom stereocenters. The molecule has 6 nitrogen and oxygen atoms in total. The number of guanidine groups is 1. The van der Waals surface area contributed by atoms with E-state index in [1.54, 1.807) is 14.2 Å². The lowest BCUT2D eigenvalue weighted by atomic mass is 10.2. The van der Waals surface area contributed by atoms with E-state index in [-0.39, 0.29) is 24.0 Å². The van der Waals surface area contributed by atoms with E-state index in [1.807, 2.05) is 19.2 Å². The molecule has 1 aliphatic heterocycles. The van der Waals surface area contributed by atoms with Crippen molar-refractivity contribution in [3.8, 4) is 11.5 Å². The fourth-order valence-corrected chi connectivity index (χ4v) is 3.48. The van der Waals surface area contributed by atoms with Crippen molar-refractivity contribution < 1.29 is 9.47 Å². The first-order chi connectivity index (χ1) is 13.7. The third kappa shape index (κ3) is 7.08. The average molecular weight is 510 g/mol. The molecule has 0 radical (unpaired) electrons. The molecule has 0 amide bonds. The van der Waals surface area contributed by atoms with Gasteiger partial charge >= 0.3 is 0 Å². The lowest BCUT2D eigenvalue weighted by molar-refractivity contribution is 0.321. The van der Waals surface area contributed by atoms with Crippen molar-refractivity contribution in [3.63, 3.8) is 0 Å². The van der Waals surface area contributed by atoms with E-state index < -0.39 is 0 Å². The van der Waals surface area contributed by atoms with Crippen LogP contribution in [0, 0.1) is 0 Å². The van der Waals surface area contributed by atoms with Crippen LogP contribution in [0.5, 0.6) is 11.5 Å². The second-order valence-corrected chi connectivity index (χ2v) is 7.00. The van der Waals surface area contributed by atoms with Crippen LogP contribution in [0.25, 0.3) is 0 Å². The second kappa shape index (κ2) is 11.9. The molecular formula is C22H31IN4O2. The van der Waals surface area contributed by atoms with Crippen LogP contribution < -0.4 is 20.1 Å². The molecule has 1 aliphatic rings. The predicted molar refractivity (Wildman–Crippen MR) is 128 cm³/mol. The van der Waals surface area contributed by atoms with Crippen LogP contribution in [0.1, 0.15) is 17.5 Å². The van der Waals surface area contributed by atoms with Crippen LogP contribution in [-0.2, 0) is 13.1 Å². The van der Waals surface area contributed by atoms with Gasteiger partial charge in [0.05, 0.1) is 14.2 Å². The third-order valence-corrected chi connectivity index (χ3v) is 4.96. The molecule has 0 aliphatic carbocycles. The number of aliphatic imine (C=N–C) groups is 1. The fraction of sp³-hybridized carbons (Fsp3) is 0.409. The second-order valence-electron chi connectivity index (χ2n) is 7.00. The van der Waals surface area contributed by atoms with Gasteiger partial charge in [-0.25, -0.2) is 0 Å². The molecule has 1 heterocycles. The first kappa shape index (κ1) is 23.3. The third-order valence-electron chi connectivity index (χ3n) is 4.96. The minimum Gasteiger partial charge on any atom is -0.497 e. The highest BCUT2D eigenvalue weighted by atomic mass is 127. The van der Waals surface area contributed by atoms with Crippen LogP contribution in [0.2, 0.25) is 0 Å². The van der Waals surface area contributed by atoms with Crippen LogP contribution in [0.3, 0.4) is 0 Å². The Morgan fingerprint density at radius 3 is 2.38 bits per heavy atom. The Bertz CT molecular complexity index is 763. The van der Waals surface area contributed by atoms with E-state index in [4.69, 9.17) is 9.47 Å². The Kier molecular flexibility index (Phi) is 9.53. The summed E-state index contributed by atoms with van der Waals surface area (Å²) in [4.78, 5) is 6.80. The summed E-state index contributed by atoms with van der Waals surface area (Å²) in [6, 6.07) is 16.8. The maximum atomic E-state index is 5.38. The Hall–Kier alpha value is -2.00. The van der Waals surface area contributed by atoms with E-state index >= 15 is 0 Å². The molecule has 3 rings (SSSR count). The van der Waals surface area contributed by atoms with Crippen molar-refractivity contribution in [2.24, 2.45) is 4.99 Å². The number of rotatable bonds is 7. The van der Waals surface area contributed by atoms with Crippen molar-refractivity contribution in [2.75, 3.05) is 34.4 Å². The van der Waals surface area contributed by atoms with Gasteiger partial charge in [0, 0.05) is 45.3 Å². The molecular weight excluding hydrogens is 479 g/mol. The standard InChI is InChI=1S/C22H30N4O2.HI/c1-23-22(24-14-17-7-5-4-6-8-17)25-19-9-10-26(16-19)15-18-11-20(27-2)13-21(12-18)28-3;/h4-8,11-13,19H,9-10,14-16H2,1-3H3,(H2,23,24,25);1H. The average Bonchev–Trinajstić information content (AvgIpc) is 3.18. The quantitative estimate of drug-likeness (QED) is 0.340. The van der Waals surface area contributed by atoms with Gasteiger partial charge in [0.15, 0.2) is 5.96 Å². The molecule has 1 fully saturated rings. The zero-order valence-electron chi connectivity index (χ0n) is 17.4. The Balaban J connectivity index is 0.00000300. The maximum Gasteiger partial charge on any atom is 0.191 e. The highest BCUT2D eigenvalue weighted by Gasteiger charge is 2.23. The Labute approximate surface area is 190 Å². The first-order valence-corrected chi connectivity index (χ1v) is 9.65. The van der Waals surface area contributed by atoms with Crippen LogP contribution in [0.15, 0.2) is 53.5 Å². The molecule has 1 saturated heterocycles. The number of methoxy groups -OCH3 is 2. The van der Waals surface area contributed by atoms with Gasteiger partial charge in [0.2, 0.25) is 0 Å². The number of hydrogen-bond acceptors (Lipinski definition) is 4. The Morgan fingerprint density at radius 1 is 1.07 bits per heavy atom. The minimum atomic E-state index is 0. The first-order valence-electron chi connectivity index (χ1n) is 9.65. The lowest BCUT2D eigenvalue weighted by Gasteiger charge is -2.19. The van der Waals surface area contributed by atoms with Gasteiger partial charge < -0.3 is 20.1 Å². The maximum absolute atomic E-state index is 5.38. The van der Waals surface area contributed by atoms with Gasteiger partial charge in [-0.15, -0.1) is 24.0 Å². The van der Waals surface area contributed by atoms with Crippen LogP contribution in [0.4, 0.5) is 0 Å². The largest absolute Gasteiger partial charge is 0.497 e. The molecule has 0 bridgehead atoms. The van der Waals surface area contributed by atoms with Crippen molar-refractivity contribution in [3.05, 3.63) is 59.7 Å². The smallest absolute Gasteiger partial charge is 0.191 e. The summed E-state index contributed by atoms with van der Waals surface area (Å²) in [6.45, 7) is 3.67. The number of benzene rings is 2. The van der Waals surface area contributed by atoms with E-state index in [1.165, 1.54) is 11.1 Å². The van der Waals surface area contributed by atoms with Crippen LogP contribution in [-0.4, -0.2) is 51.3 Å². The monoisotopic (exact) mass is 510 g/mol. The molecule has 2 aromatic rings. The molecule has 1 atom stereocenters. The molecule has 2 N–H and O–H groups in total. The topological polar surface area (TPSA) is 58.1 Å². The molecule has 0 spiro atoms. The Morgan fingerprint density at radius 2 is 1.76 bits per heavy atom. The van der Waals surface area contributed by atoms with Gasteiger partial charge in [-0.1, -0.05) is 30.3 Å². The van der Waals surface area contributed by atoms with E-state index in [2.05, 4.69) is 56.9 Å². The summed E-state index contributed by atoms with van der Waals surface area (Å²) < 4.78 is 10.8. The van der Waals surface area contributed by atoms with Gasteiger partial charge in [-0.05, 0) is 29.7 Å². The highest BCUT2D eigenvalue weighted by molar-refractivity contribution is 14.0. The molecule has 29 heavy (non-hydrogen) atoms. The molecule has 158 valence electrons. The number of likely N-dealkylation sites (tertiary alicyclic amines) is 1. The minimum absolute atomic E-state index is 0. The van der Waals surface area contributed by atoms with Crippen molar-refractivity contribution in [1.29, 1.82) is 0 Å². The summed E-state index contributed by atoms with van der Waals surface area (Å²) in [5, 5.41) is 6.94. The number of ether oxygens (including phenoxy) is 2.